The number of primary amides is 1. The van der Waals surface area contributed by atoms with Crippen molar-refractivity contribution in [1.29, 1.82) is 0 Å². The molecule has 0 fully saturated rings. The third kappa shape index (κ3) is 3.09. The first kappa shape index (κ1) is 14.2. The summed E-state index contributed by atoms with van der Waals surface area (Å²) in [5.41, 5.74) is 8.03. The summed E-state index contributed by atoms with van der Waals surface area (Å²) in [5.74, 6) is -0.651. The molecule has 0 aliphatic carbocycles. The first-order valence-electron chi connectivity index (χ1n) is 6.16. The van der Waals surface area contributed by atoms with Gasteiger partial charge in [0.2, 0.25) is 5.91 Å². The highest BCUT2D eigenvalue weighted by molar-refractivity contribution is 6.01. The van der Waals surface area contributed by atoms with Crippen molar-refractivity contribution in [2.24, 2.45) is 5.73 Å². The van der Waals surface area contributed by atoms with Gasteiger partial charge < -0.3 is 11.1 Å². The predicted octanol–water partition coefficient (Wildman–Crippen LogP) is 1.80. The molecule has 2 amide bonds. The van der Waals surface area contributed by atoms with Crippen LogP contribution in [0.2, 0.25) is 0 Å². The van der Waals surface area contributed by atoms with Crippen LogP contribution in [0.1, 0.15) is 51.6 Å². The Morgan fingerprint density at radius 2 is 1.89 bits per heavy atom. The molecule has 0 aromatic heterocycles. The molecule has 1 rings (SSSR count). The van der Waals surface area contributed by atoms with E-state index in [2.05, 4.69) is 12.2 Å². The Hall–Kier alpha value is -1.84. The molecule has 3 N–H and O–H groups in total. The van der Waals surface area contributed by atoms with E-state index in [9.17, 15) is 9.59 Å². The Morgan fingerprint density at radius 3 is 2.39 bits per heavy atom. The molecule has 0 unspecified atom stereocenters. The summed E-state index contributed by atoms with van der Waals surface area (Å²) in [4.78, 5) is 23.4. The van der Waals surface area contributed by atoms with Crippen molar-refractivity contribution in [1.82, 2.24) is 5.32 Å². The van der Waals surface area contributed by atoms with Crippen molar-refractivity contribution in [2.75, 3.05) is 7.05 Å². The fourth-order valence-corrected chi connectivity index (χ4v) is 2.00. The number of benzene rings is 1. The van der Waals surface area contributed by atoms with E-state index in [0.29, 0.717) is 17.5 Å². The molecule has 98 valence electrons. The number of amides is 2. The number of hydrogen-bond acceptors (Lipinski definition) is 2. The van der Waals surface area contributed by atoms with Gasteiger partial charge in [-0.3, -0.25) is 9.59 Å². The maximum Gasteiger partial charge on any atom is 0.251 e. The summed E-state index contributed by atoms with van der Waals surface area (Å²) in [6, 6.07) is 3.55. The van der Waals surface area contributed by atoms with Gasteiger partial charge in [-0.25, -0.2) is 0 Å². The van der Waals surface area contributed by atoms with Crippen molar-refractivity contribution < 1.29 is 9.59 Å². The fourth-order valence-electron chi connectivity index (χ4n) is 2.00. The molecule has 0 spiro atoms. The monoisotopic (exact) mass is 248 g/mol. The highest BCUT2D eigenvalue weighted by Gasteiger charge is 2.17. The zero-order valence-electron chi connectivity index (χ0n) is 11.2. The molecular formula is C14H20N2O2. The topological polar surface area (TPSA) is 72.2 Å². The van der Waals surface area contributed by atoms with Crippen LogP contribution in [0, 0.1) is 6.92 Å². The number of rotatable bonds is 5. The van der Waals surface area contributed by atoms with E-state index >= 15 is 0 Å². The molecule has 18 heavy (non-hydrogen) atoms. The molecule has 0 atom stereocenters. The first-order chi connectivity index (χ1) is 8.51. The molecular weight excluding hydrogens is 228 g/mol. The van der Waals surface area contributed by atoms with E-state index in [0.717, 1.165) is 24.0 Å². The summed E-state index contributed by atoms with van der Waals surface area (Å²) >= 11 is 0. The van der Waals surface area contributed by atoms with Crippen molar-refractivity contribution in [3.8, 4) is 0 Å². The fraction of sp³-hybridized carbons (Fsp3) is 0.429. The standard InChI is InChI=1S/C14H20N2O2/c1-4-5-6-10-11(13(15)17)7-9(2)8-12(10)14(18)16-3/h7-8H,4-6H2,1-3H3,(H2,15,17)(H,16,18). The van der Waals surface area contributed by atoms with Crippen molar-refractivity contribution in [3.05, 3.63) is 34.4 Å². The number of carbonyl (C=O) groups excluding carboxylic acids is 2. The smallest absolute Gasteiger partial charge is 0.251 e. The Labute approximate surface area is 108 Å². The van der Waals surface area contributed by atoms with E-state index in [1.165, 1.54) is 0 Å². The average Bonchev–Trinajstić information content (AvgIpc) is 2.35. The third-order valence-electron chi connectivity index (χ3n) is 2.91. The van der Waals surface area contributed by atoms with Crippen LogP contribution in [-0.2, 0) is 6.42 Å². The molecule has 4 nitrogen and oxygen atoms in total. The van der Waals surface area contributed by atoms with E-state index in [-0.39, 0.29) is 5.91 Å². The van der Waals surface area contributed by atoms with Gasteiger partial charge in [0.25, 0.3) is 5.91 Å². The molecule has 0 aliphatic heterocycles. The van der Waals surface area contributed by atoms with Gasteiger partial charge in [0, 0.05) is 18.2 Å². The van der Waals surface area contributed by atoms with Gasteiger partial charge in [-0.1, -0.05) is 13.3 Å². The molecule has 0 heterocycles. The number of nitrogens with one attached hydrogen (secondary N) is 1. The first-order valence-corrected chi connectivity index (χ1v) is 6.16. The molecule has 1 aromatic rings. The molecule has 0 saturated carbocycles. The van der Waals surface area contributed by atoms with Gasteiger partial charge in [-0.05, 0) is 43.0 Å². The SMILES string of the molecule is CCCCc1c(C(N)=O)cc(C)cc1C(=O)NC. The number of carbonyl (C=O) groups is 2. The van der Waals surface area contributed by atoms with Crippen LogP contribution in [0.15, 0.2) is 12.1 Å². The minimum absolute atomic E-state index is 0.174. The molecule has 0 radical (unpaired) electrons. The summed E-state index contributed by atoms with van der Waals surface area (Å²) in [6.45, 7) is 3.92. The average molecular weight is 248 g/mol. The summed E-state index contributed by atoms with van der Waals surface area (Å²) < 4.78 is 0. The summed E-state index contributed by atoms with van der Waals surface area (Å²) in [6.07, 6.45) is 2.62. The lowest BCUT2D eigenvalue weighted by molar-refractivity contribution is 0.0962. The second-order valence-corrected chi connectivity index (χ2v) is 4.39. The Kier molecular flexibility index (Phi) is 4.89. The van der Waals surface area contributed by atoms with Gasteiger partial charge in [-0.2, -0.15) is 0 Å². The molecule has 0 bridgehead atoms. The Balaban J connectivity index is 3.37. The Morgan fingerprint density at radius 1 is 1.28 bits per heavy atom. The number of nitrogens with two attached hydrogens (primary N) is 1. The number of unbranched alkanes of at least 4 members (excludes halogenated alkanes) is 1. The minimum atomic E-state index is -0.477. The summed E-state index contributed by atoms with van der Waals surface area (Å²) in [7, 11) is 1.58. The van der Waals surface area contributed by atoms with Gasteiger partial charge in [-0.15, -0.1) is 0 Å². The van der Waals surface area contributed by atoms with Crippen molar-refractivity contribution in [3.63, 3.8) is 0 Å². The van der Waals surface area contributed by atoms with Crippen LogP contribution in [-0.4, -0.2) is 18.9 Å². The number of aryl methyl sites for hydroxylation is 1. The number of hydrogen-bond donors (Lipinski definition) is 2. The Bertz CT molecular complexity index is 467. The zero-order valence-corrected chi connectivity index (χ0v) is 11.2. The zero-order chi connectivity index (χ0) is 13.7. The van der Waals surface area contributed by atoms with Crippen LogP contribution >= 0.6 is 0 Å². The third-order valence-corrected chi connectivity index (χ3v) is 2.91. The minimum Gasteiger partial charge on any atom is -0.366 e. The lowest BCUT2D eigenvalue weighted by Crippen LogP contribution is -2.23. The van der Waals surface area contributed by atoms with Crippen LogP contribution in [0.3, 0.4) is 0 Å². The second kappa shape index (κ2) is 6.19. The van der Waals surface area contributed by atoms with E-state index in [1.54, 1.807) is 19.2 Å². The van der Waals surface area contributed by atoms with Gasteiger partial charge in [0.05, 0.1) is 0 Å². The van der Waals surface area contributed by atoms with Crippen molar-refractivity contribution >= 4 is 11.8 Å². The second-order valence-electron chi connectivity index (χ2n) is 4.39. The normalized spacial score (nSPS) is 10.2. The van der Waals surface area contributed by atoms with E-state index in [1.807, 2.05) is 6.92 Å². The highest BCUT2D eigenvalue weighted by atomic mass is 16.2. The lowest BCUT2D eigenvalue weighted by Gasteiger charge is -2.13. The van der Waals surface area contributed by atoms with Crippen LogP contribution in [0.4, 0.5) is 0 Å². The van der Waals surface area contributed by atoms with Crippen molar-refractivity contribution in [2.45, 2.75) is 33.1 Å². The predicted molar refractivity (Wildman–Crippen MR) is 71.7 cm³/mol. The van der Waals surface area contributed by atoms with E-state index in [4.69, 9.17) is 5.73 Å². The summed E-state index contributed by atoms with van der Waals surface area (Å²) in [5, 5.41) is 2.60. The van der Waals surface area contributed by atoms with Gasteiger partial charge in [0.15, 0.2) is 0 Å². The molecule has 1 aromatic carbocycles. The van der Waals surface area contributed by atoms with E-state index < -0.39 is 5.91 Å². The van der Waals surface area contributed by atoms with Gasteiger partial charge >= 0.3 is 0 Å². The molecule has 0 aliphatic rings. The van der Waals surface area contributed by atoms with Crippen LogP contribution in [0.25, 0.3) is 0 Å². The largest absolute Gasteiger partial charge is 0.366 e. The van der Waals surface area contributed by atoms with Crippen LogP contribution in [0.5, 0.6) is 0 Å². The van der Waals surface area contributed by atoms with Gasteiger partial charge in [0.1, 0.15) is 0 Å². The lowest BCUT2D eigenvalue weighted by atomic mass is 9.93. The highest BCUT2D eigenvalue weighted by Crippen LogP contribution is 2.20. The quantitative estimate of drug-likeness (QED) is 0.834. The maximum atomic E-state index is 11.9. The molecule has 4 heteroatoms. The van der Waals surface area contributed by atoms with Crippen LogP contribution < -0.4 is 11.1 Å². The molecule has 0 saturated heterocycles. The maximum absolute atomic E-state index is 11.9.